The Morgan fingerprint density at radius 3 is 1.89 bits per heavy atom. The molecule has 0 saturated carbocycles. The zero-order valence-corrected chi connectivity index (χ0v) is 11.3. The molecule has 18 heavy (non-hydrogen) atoms. The number of benzene rings is 1. The van der Waals surface area contributed by atoms with Crippen molar-refractivity contribution in [2.75, 3.05) is 0 Å². The van der Waals surface area contributed by atoms with Crippen LogP contribution >= 0.6 is 24.4 Å². The first-order valence-electron chi connectivity index (χ1n) is 5.87. The molecule has 0 N–H and O–H groups in total. The lowest BCUT2D eigenvalue weighted by Gasteiger charge is -2.15. The summed E-state index contributed by atoms with van der Waals surface area (Å²) in [6.45, 7) is 1.80. The third-order valence-electron chi connectivity index (χ3n) is 3.19. The molecule has 3 nitrogen and oxygen atoms in total. The van der Waals surface area contributed by atoms with Crippen molar-refractivity contribution in [2.45, 2.75) is 25.9 Å². The molecule has 2 heterocycles. The third kappa shape index (κ3) is 1.76. The third-order valence-corrected chi connectivity index (χ3v) is 3.98. The quantitative estimate of drug-likeness (QED) is 0.743. The monoisotopic (exact) mass is 281 g/mol. The second-order valence-electron chi connectivity index (χ2n) is 4.33. The Kier molecular flexibility index (Phi) is 2.91. The topological polar surface area (TPSA) is 14.8 Å². The van der Waals surface area contributed by atoms with Gasteiger partial charge in [-0.05, 0) is 61.5 Å². The highest BCUT2D eigenvalue weighted by Crippen LogP contribution is 2.17. The molecule has 94 valence electrons. The highest BCUT2D eigenvalue weighted by Gasteiger charge is 2.14. The first-order chi connectivity index (χ1) is 8.68. The molecule has 1 aliphatic heterocycles. The standard InChI is InChI=1S/C12H12FN3S2/c13-9-3-5-10(6-4-9)16-11(17)14-7-1-2-8-15(14)12(16)18/h3-6H,1-2,7-8H2. The molecule has 0 aliphatic carbocycles. The summed E-state index contributed by atoms with van der Waals surface area (Å²) in [4.78, 5) is 0. The van der Waals surface area contributed by atoms with E-state index in [-0.39, 0.29) is 5.82 Å². The van der Waals surface area contributed by atoms with Crippen molar-refractivity contribution >= 4 is 24.4 Å². The van der Waals surface area contributed by atoms with E-state index in [1.807, 2.05) is 13.9 Å². The highest BCUT2D eigenvalue weighted by molar-refractivity contribution is 7.72. The van der Waals surface area contributed by atoms with Gasteiger partial charge < -0.3 is 0 Å². The van der Waals surface area contributed by atoms with Gasteiger partial charge in [0.25, 0.3) is 0 Å². The van der Waals surface area contributed by atoms with E-state index in [4.69, 9.17) is 24.4 Å². The summed E-state index contributed by atoms with van der Waals surface area (Å²) in [5.41, 5.74) is 0.820. The fourth-order valence-corrected chi connectivity index (χ4v) is 3.11. The van der Waals surface area contributed by atoms with Crippen molar-refractivity contribution in [3.8, 4) is 5.69 Å². The Labute approximate surface area is 114 Å². The van der Waals surface area contributed by atoms with Crippen LogP contribution in [-0.2, 0) is 13.1 Å². The van der Waals surface area contributed by atoms with Crippen molar-refractivity contribution in [2.24, 2.45) is 0 Å². The van der Waals surface area contributed by atoms with Gasteiger partial charge in [0, 0.05) is 13.1 Å². The smallest absolute Gasteiger partial charge is 0.201 e. The summed E-state index contributed by atoms with van der Waals surface area (Å²) in [5.74, 6) is -0.257. The Hall–Kier alpha value is -1.27. The summed E-state index contributed by atoms with van der Waals surface area (Å²) in [6.07, 6.45) is 2.24. The minimum atomic E-state index is -0.257. The maximum Gasteiger partial charge on any atom is 0.201 e. The average molecular weight is 281 g/mol. The Morgan fingerprint density at radius 1 is 0.889 bits per heavy atom. The van der Waals surface area contributed by atoms with E-state index < -0.39 is 0 Å². The van der Waals surface area contributed by atoms with Gasteiger partial charge in [-0.1, -0.05) is 0 Å². The molecule has 0 amide bonds. The molecule has 1 aromatic carbocycles. The highest BCUT2D eigenvalue weighted by atomic mass is 32.1. The number of aromatic nitrogens is 3. The maximum atomic E-state index is 13.0. The number of nitrogens with zero attached hydrogens (tertiary/aromatic N) is 3. The minimum absolute atomic E-state index is 0.257. The largest absolute Gasteiger partial charge is 0.261 e. The molecule has 1 aromatic heterocycles. The first-order valence-corrected chi connectivity index (χ1v) is 6.69. The number of fused-ring (bicyclic) bond motifs is 1. The molecule has 2 aromatic rings. The van der Waals surface area contributed by atoms with Crippen molar-refractivity contribution < 1.29 is 4.39 Å². The molecule has 0 bridgehead atoms. The van der Waals surface area contributed by atoms with Gasteiger partial charge in [-0.15, -0.1) is 0 Å². The molecular formula is C12H12FN3S2. The van der Waals surface area contributed by atoms with Crippen LogP contribution in [0.4, 0.5) is 4.39 Å². The minimum Gasteiger partial charge on any atom is -0.261 e. The van der Waals surface area contributed by atoms with Crippen LogP contribution in [0.1, 0.15) is 12.8 Å². The average Bonchev–Trinajstić information content (AvgIpc) is 2.64. The van der Waals surface area contributed by atoms with Crippen molar-refractivity contribution in [1.29, 1.82) is 0 Å². The summed E-state index contributed by atoms with van der Waals surface area (Å²) < 4.78 is 20.2. The van der Waals surface area contributed by atoms with Crippen LogP contribution in [0, 0.1) is 15.4 Å². The van der Waals surface area contributed by atoms with Crippen LogP contribution in [0.5, 0.6) is 0 Å². The molecule has 0 spiro atoms. The van der Waals surface area contributed by atoms with Gasteiger partial charge in [0.05, 0.1) is 5.69 Å². The summed E-state index contributed by atoms with van der Waals surface area (Å²) in [7, 11) is 0. The number of hydrogen-bond donors (Lipinski definition) is 0. The SMILES string of the molecule is Fc1ccc(-n2c(=S)n3n(c2=S)CCCC3)cc1. The maximum absolute atomic E-state index is 13.0. The van der Waals surface area contributed by atoms with Crippen LogP contribution in [-0.4, -0.2) is 13.9 Å². The van der Waals surface area contributed by atoms with E-state index in [2.05, 4.69) is 0 Å². The predicted molar refractivity (Wildman–Crippen MR) is 72.6 cm³/mol. The molecule has 0 unspecified atom stereocenters. The second kappa shape index (κ2) is 4.44. The van der Waals surface area contributed by atoms with Gasteiger partial charge in [0.2, 0.25) is 9.54 Å². The lowest BCUT2D eigenvalue weighted by molar-refractivity contribution is 0.357. The van der Waals surface area contributed by atoms with E-state index in [0.717, 1.165) is 31.6 Å². The van der Waals surface area contributed by atoms with Crippen LogP contribution in [0.3, 0.4) is 0 Å². The summed E-state index contributed by atoms with van der Waals surface area (Å²) in [6, 6.07) is 6.25. The number of rotatable bonds is 1. The Morgan fingerprint density at radius 2 is 1.39 bits per heavy atom. The molecule has 6 heteroatoms. The molecule has 3 rings (SSSR count). The van der Waals surface area contributed by atoms with Crippen molar-refractivity contribution in [1.82, 2.24) is 13.9 Å². The van der Waals surface area contributed by atoms with Crippen LogP contribution in [0.15, 0.2) is 24.3 Å². The van der Waals surface area contributed by atoms with E-state index in [1.165, 1.54) is 12.1 Å². The summed E-state index contributed by atoms with van der Waals surface area (Å²) >= 11 is 10.9. The van der Waals surface area contributed by atoms with Gasteiger partial charge in [-0.3, -0.25) is 13.9 Å². The Balaban J connectivity index is 2.24. The zero-order valence-electron chi connectivity index (χ0n) is 9.67. The first kappa shape index (κ1) is 11.8. The second-order valence-corrected chi connectivity index (χ2v) is 5.06. The molecule has 0 saturated heterocycles. The predicted octanol–water partition coefficient (Wildman–Crippen LogP) is 3.47. The van der Waals surface area contributed by atoms with E-state index in [1.54, 1.807) is 12.1 Å². The fraction of sp³-hybridized carbons (Fsp3) is 0.333. The van der Waals surface area contributed by atoms with Gasteiger partial charge in [0.1, 0.15) is 5.82 Å². The molecule has 1 aliphatic rings. The molecular weight excluding hydrogens is 269 g/mol. The zero-order chi connectivity index (χ0) is 12.7. The van der Waals surface area contributed by atoms with Gasteiger partial charge in [-0.25, -0.2) is 4.39 Å². The van der Waals surface area contributed by atoms with Crippen molar-refractivity contribution in [3.05, 3.63) is 39.6 Å². The normalized spacial score (nSPS) is 14.5. The fourth-order valence-electron chi connectivity index (χ4n) is 2.29. The van der Waals surface area contributed by atoms with Crippen molar-refractivity contribution in [3.63, 3.8) is 0 Å². The van der Waals surface area contributed by atoms with E-state index >= 15 is 0 Å². The molecule has 0 atom stereocenters. The lowest BCUT2D eigenvalue weighted by Crippen LogP contribution is -2.18. The molecule has 0 radical (unpaired) electrons. The lowest BCUT2D eigenvalue weighted by atomic mass is 10.3. The van der Waals surface area contributed by atoms with E-state index in [9.17, 15) is 4.39 Å². The molecule has 0 fully saturated rings. The van der Waals surface area contributed by atoms with Crippen LogP contribution in [0.2, 0.25) is 0 Å². The number of hydrogen-bond acceptors (Lipinski definition) is 2. The van der Waals surface area contributed by atoms with Crippen LogP contribution < -0.4 is 0 Å². The summed E-state index contributed by atoms with van der Waals surface area (Å²) in [5, 5.41) is 0. The number of halogens is 1. The van der Waals surface area contributed by atoms with Crippen LogP contribution in [0.25, 0.3) is 5.69 Å². The van der Waals surface area contributed by atoms with Gasteiger partial charge in [0.15, 0.2) is 0 Å². The van der Waals surface area contributed by atoms with E-state index in [0.29, 0.717) is 9.54 Å². The van der Waals surface area contributed by atoms with Gasteiger partial charge in [-0.2, -0.15) is 0 Å². The van der Waals surface area contributed by atoms with Gasteiger partial charge >= 0.3 is 0 Å². The Bertz CT molecular complexity index is 656.